The molecule has 0 radical (unpaired) electrons. The van der Waals surface area contributed by atoms with Crippen LogP contribution in [0.1, 0.15) is 5.56 Å². The first-order valence-corrected chi connectivity index (χ1v) is 6.37. The van der Waals surface area contributed by atoms with Crippen LogP contribution in [0.3, 0.4) is 0 Å². The van der Waals surface area contributed by atoms with Crippen molar-refractivity contribution in [3.8, 4) is 6.07 Å². The fraction of sp³-hybridized carbons (Fsp3) is 0.333. The molecule has 0 amide bonds. The monoisotopic (exact) mass is 272 g/mol. The summed E-state index contributed by atoms with van der Waals surface area (Å²) in [5.74, 6) is -0.621. The maximum Gasteiger partial charge on any atom is 0.348 e. The summed E-state index contributed by atoms with van der Waals surface area (Å²) in [7, 11) is 1.26. The van der Waals surface area contributed by atoms with Crippen molar-refractivity contribution in [1.82, 2.24) is 0 Å². The van der Waals surface area contributed by atoms with Crippen molar-refractivity contribution in [2.75, 3.05) is 38.3 Å². The van der Waals surface area contributed by atoms with E-state index >= 15 is 0 Å². The van der Waals surface area contributed by atoms with Gasteiger partial charge in [0.2, 0.25) is 0 Å². The van der Waals surface area contributed by atoms with E-state index in [2.05, 4.69) is 9.64 Å². The molecule has 0 bridgehead atoms. The summed E-state index contributed by atoms with van der Waals surface area (Å²) in [5.41, 5.74) is 1.90. The molecule has 1 saturated heterocycles. The van der Waals surface area contributed by atoms with Gasteiger partial charge in [-0.1, -0.05) is 12.1 Å². The molecule has 5 nitrogen and oxygen atoms in total. The van der Waals surface area contributed by atoms with Gasteiger partial charge < -0.3 is 14.4 Å². The number of carbonyl (C=O) groups is 1. The van der Waals surface area contributed by atoms with E-state index in [4.69, 9.17) is 10.00 Å². The molecule has 0 aromatic heterocycles. The van der Waals surface area contributed by atoms with Gasteiger partial charge in [-0.25, -0.2) is 4.79 Å². The van der Waals surface area contributed by atoms with Gasteiger partial charge in [-0.3, -0.25) is 0 Å². The Labute approximate surface area is 118 Å². The number of hydrogen-bond acceptors (Lipinski definition) is 5. The van der Waals surface area contributed by atoms with Crippen LogP contribution in [0.25, 0.3) is 6.08 Å². The van der Waals surface area contributed by atoms with Gasteiger partial charge in [0.05, 0.1) is 20.3 Å². The van der Waals surface area contributed by atoms with Crippen LogP contribution < -0.4 is 4.90 Å². The molecule has 1 aromatic rings. The third-order valence-electron chi connectivity index (χ3n) is 3.11. The van der Waals surface area contributed by atoms with Crippen molar-refractivity contribution in [3.63, 3.8) is 0 Å². The molecule has 0 unspecified atom stereocenters. The van der Waals surface area contributed by atoms with Gasteiger partial charge in [0.1, 0.15) is 11.6 Å². The molecule has 0 spiro atoms. The molecule has 5 heteroatoms. The summed E-state index contributed by atoms with van der Waals surface area (Å²) < 4.78 is 9.85. The summed E-state index contributed by atoms with van der Waals surface area (Å²) in [6.45, 7) is 3.23. The molecule has 1 aliphatic rings. The minimum absolute atomic E-state index is 0.00776. The normalized spacial score (nSPS) is 15.6. The standard InChI is InChI=1S/C15H16N2O3/c1-19-15(18)13(11-16)10-12-2-4-14(5-3-12)17-6-8-20-9-7-17/h2-5,10H,6-9H2,1H3/b13-10-. The second-order valence-electron chi connectivity index (χ2n) is 4.35. The maximum atomic E-state index is 11.3. The second-order valence-corrected chi connectivity index (χ2v) is 4.35. The summed E-state index contributed by atoms with van der Waals surface area (Å²) in [5, 5.41) is 8.91. The summed E-state index contributed by atoms with van der Waals surface area (Å²) in [4.78, 5) is 13.6. The van der Waals surface area contributed by atoms with Gasteiger partial charge in [0.25, 0.3) is 0 Å². The van der Waals surface area contributed by atoms with E-state index in [0.29, 0.717) is 0 Å². The number of benzene rings is 1. The number of ether oxygens (including phenoxy) is 2. The average Bonchev–Trinajstić information content (AvgIpc) is 2.53. The molecule has 2 rings (SSSR count). The van der Waals surface area contributed by atoms with Crippen LogP contribution in [-0.2, 0) is 14.3 Å². The van der Waals surface area contributed by atoms with E-state index in [0.717, 1.165) is 37.6 Å². The highest BCUT2D eigenvalue weighted by Crippen LogP contribution is 2.18. The number of methoxy groups -OCH3 is 1. The molecule has 0 N–H and O–H groups in total. The Bertz CT molecular complexity index is 537. The molecular weight excluding hydrogens is 256 g/mol. The first kappa shape index (κ1) is 14.1. The first-order valence-electron chi connectivity index (χ1n) is 6.37. The lowest BCUT2D eigenvalue weighted by Gasteiger charge is -2.28. The second kappa shape index (κ2) is 6.73. The van der Waals surface area contributed by atoms with Crippen LogP contribution in [0, 0.1) is 11.3 Å². The van der Waals surface area contributed by atoms with Gasteiger partial charge in [0.15, 0.2) is 0 Å². The fourth-order valence-corrected chi connectivity index (χ4v) is 2.02. The number of rotatable bonds is 3. The van der Waals surface area contributed by atoms with Crippen LogP contribution in [0.4, 0.5) is 5.69 Å². The Hall–Kier alpha value is -2.32. The molecular formula is C15H16N2O3. The zero-order chi connectivity index (χ0) is 14.4. The van der Waals surface area contributed by atoms with Gasteiger partial charge in [-0.15, -0.1) is 0 Å². The van der Waals surface area contributed by atoms with Gasteiger partial charge in [0, 0.05) is 18.8 Å². The summed E-state index contributed by atoms with van der Waals surface area (Å²) >= 11 is 0. The van der Waals surface area contributed by atoms with Crippen LogP contribution in [-0.4, -0.2) is 39.4 Å². The van der Waals surface area contributed by atoms with Crippen LogP contribution in [0.5, 0.6) is 0 Å². The van der Waals surface area contributed by atoms with Crippen molar-refractivity contribution in [3.05, 3.63) is 35.4 Å². The number of hydrogen-bond donors (Lipinski definition) is 0. The summed E-state index contributed by atoms with van der Waals surface area (Å²) in [6, 6.07) is 9.55. The highest BCUT2D eigenvalue weighted by molar-refractivity contribution is 5.97. The van der Waals surface area contributed by atoms with E-state index in [-0.39, 0.29) is 5.57 Å². The van der Waals surface area contributed by atoms with Crippen LogP contribution >= 0.6 is 0 Å². The molecule has 1 aromatic carbocycles. The molecule has 0 aliphatic carbocycles. The molecule has 20 heavy (non-hydrogen) atoms. The highest BCUT2D eigenvalue weighted by Gasteiger charge is 2.11. The number of anilines is 1. The Morgan fingerprint density at radius 2 is 2.00 bits per heavy atom. The van der Waals surface area contributed by atoms with Gasteiger partial charge in [-0.05, 0) is 23.8 Å². The number of esters is 1. The Morgan fingerprint density at radius 1 is 1.35 bits per heavy atom. The van der Waals surface area contributed by atoms with E-state index in [1.807, 2.05) is 30.3 Å². The Kier molecular flexibility index (Phi) is 4.75. The number of morpholine rings is 1. The van der Waals surface area contributed by atoms with Crippen LogP contribution in [0.15, 0.2) is 29.8 Å². The lowest BCUT2D eigenvalue weighted by Crippen LogP contribution is -2.36. The third kappa shape index (κ3) is 3.37. The molecule has 1 aliphatic heterocycles. The lowest BCUT2D eigenvalue weighted by atomic mass is 10.1. The predicted molar refractivity (Wildman–Crippen MR) is 75.1 cm³/mol. The SMILES string of the molecule is COC(=O)/C(C#N)=C\c1ccc(N2CCOCC2)cc1. The lowest BCUT2D eigenvalue weighted by molar-refractivity contribution is -0.135. The number of nitrogens with zero attached hydrogens (tertiary/aromatic N) is 2. The molecule has 1 heterocycles. The van der Waals surface area contributed by atoms with E-state index < -0.39 is 5.97 Å². The predicted octanol–water partition coefficient (Wildman–Crippen LogP) is 1.60. The minimum atomic E-state index is -0.621. The smallest absolute Gasteiger partial charge is 0.348 e. The summed E-state index contributed by atoms with van der Waals surface area (Å²) in [6.07, 6.45) is 1.52. The third-order valence-corrected chi connectivity index (χ3v) is 3.11. The molecule has 0 saturated carbocycles. The highest BCUT2D eigenvalue weighted by atomic mass is 16.5. The van der Waals surface area contributed by atoms with Crippen molar-refractivity contribution in [2.24, 2.45) is 0 Å². The van der Waals surface area contributed by atoms with E-state index in [1.54, 1.807) is 0 Å². The van der Waals surface area contributed by atoms with Crippen molar-refractivity contribution >= 4 is 17.7 Å². The zero-order valence-corrected chi connectivity index (χ0v) is 11.3. The molecule has 104 valence electrons. The average molecular weight is 272 g/mol. The van der Waals surface area contributed by atoms with Crippen molar-refractivity contribution < 1.29 is 14.3 Å². The zero-order valence-electron chi connectivity index (χ0n) is 11.3. The van der Waals surface area contributed by atoms with E-state index in [1.165, 1.54) is 13.2 Å². The Balaban J connectivity index is 2.13. The maximum absolute atomic E-state index is 11.3. The minimum Gasteiger partial charge on any atom is -0.465 e. The fourth-order valence-electron chi connectivity index (χ4n) is 2.02. The topological polar surface area (TPSA) is 62.6 Å². The molecule has 1 fully saturated rings. The van der Waals surface area contributed by atoms with Gasteiger partial charge >= 0.3 is 5.97 Å². The number of carbonyl (C=O) groups excluding carboxylic acids is 1. The van der Waals surface area contributed by atoms with Crippen molar-refractivity contribution in [1.29, 1.82) is 5.26 Å². The molecule has 0 atom stereocenters. The largest absolute Gasteiger partial charge is 0.465 e. The number of nitriles is 1. The van der Waals surface area contributed by atoms with Crippen LogP contribution in [0.2, 0.25) is 0 Å². The first-order chi connectivity index (χ1) is 9.74. The quantitative estimate of drug-likeness (QED) is 0.475. The van der Waals surface area contributed by atoms with Gasteiger partial charge in [-0.2, -0.15) is 5.26 Å². The van der Waals surface area contributed by atoms with E-state index in [9.17, 15) is 4.79 Å². The Morgan fingerprint density at radius 3 is 2.55 bits per heavy atom. The van der Waals surface area contributed by atoms with Crippen molar-refractivity contribution in [2.45, 2.75) is 0 Å².